The largest absolute Gasteiger partial charge is 0.480 e. The van der Waals surface area contributed by atoms with Crippen LogP contribution in [0.25, 0.3) is 0 Å². The molecule has 2 N–H and O–H groups in total. The molecule has 0 fully saturated rings. The fraction of sp³-hybridized carbons (Fsp3) is 0.500. The van der Waals surface area contributed by atoms with Crippen LogP contribution in [0.1, 0.15) is 26.7 Å². The van der Waals surface area contributed by atoms with Crippen LogP contribution in [0.3, 0.4) is 0 Å². The normalized spacial score (nSPS) is 12.5. The standard InChI is InChI=1S/C14H22N2O6S2/c1-3-9-15-23(19,20)12-5-7-13(8-6-12)24(21,22)16(10-4-2)11-14(17)18/h5-8,15H,3-4,9-11H2,1-2H3,(H,17,18). The maximum atomic E-state index is 12.5. The van der Waals surface area contributed by atoms with E-state index in [4.69, 9.17) is 5.11 Å². The molecule has 0 saturated carbocycles. The first-order valence-corrected chi connectivity index (χ1v) is 10.4. The van der Waals surface area contributed by atoms with E-state index in [1.54, 1.807) is 6.92 Å². The van der Waals surface area contributed by atoms with Gasteiger partial charge in [0.2, 0.25) is 20.0 Å². The van der Waals surface area contributed by atoms with Crippen molar-refractivity contribution in [3.8, 4) is 0 Å². The summed E-state index contributed by atoms with van der Waals surface area (Å²) in [5, 5.41) is 8.86. The number of carboxylic acid groups (broad SMARTS) is 1. The van der Waals surface area contributed by atoms with Crippen molar-refractivity contribution in [2.45, 2.75) is 36.5 Å². The molecular weight excluding hydrogens is 356 g/mol. The number of aliphatic carboxylic acids is 1. The summed E-state index contributed by atoms with van der Waals surface area (Å²) < 4.78 is 52.2. The third kappa shape index (κ3) is 5.26. The Bertz CT molecular complexity index is 757. The molecule has 1 aromatic carbocycles. The summed E-state index contributed by atoms with van der Waals surface area (Å²) in [7, 11) is -7.69. The van der Waals surface area contributed by atoms with Crippen LogP contribution in [0, 0.1) is 0 Å². The highest BCUT2D eigenvalue weighted by Gasteiger charge is 2.26. The fourth-order valence-corrected chi connectivity index (χ4v) is 4.56. The molecule has 0 saturated heterocycles. The van der Waals surface area contributed by atoms with Gasteiger partial charge in [0.15, 0.2) is 0 Å². The van der Waals surface area contributed by atoms with E-state index in [1.165, 1.54) is 24.3 Å². The average Bonchev–Trinajstić information content (AvgIpc) is 2.52. The number of rotatable bonds is 10. The van der Waals surface area contributed by atoms with Crippen molar-refractivity contribution in [1.29, 1.82) is 0 Å². The van der Waals surface area contributed by atoms with Crippen molar-refractivity contribution >= 4 is 26.0 Å². The highest BCUT2D eigenvalue weighted by atomic mass is 32.2. The molecule has 1 rings (SSSR count). The van der Waals surface area contributed by atoms with Crippen LogP contribution in [0.5, 0.6) is 0 Å². The van der Waals surface area contributed by atoms with Gasteiger partial charge >= 0.3 is 5.97 Å². The van der Waals surface area contributed by atoms with Crippen LogP contribution < -0.4 is 4.72 Å². The highest BCUT2D eigenvalue weighted by molar-refractivity contribution is 7.89. The Morgan fingerprint density at radius 2 is 1.58 bits per heavy atom. The van der Waals surface area contributed by atoms with E-state index in [0.29, 0.717) is 12.8 Å². The summed E-state index contributed by atoms with van der Waals surface area (Å²) in [6.07, 6.45) is 1.09. The highest BCUT2D eigenvalue weighted by Crippen LogP contribution is 2.18. The van der Waals surface area contributed by atoms with Crippen molar-refractivity contribution in [3.05, 3.63) is 24.3 Å². The number of carbonyl (C=O) groups is 1. The summed E-state index contributed by atoms with van der Waals surface area (Å²) >= 11 is 0. The zero-order chi connectivity index (χ0) is 18.4. The summed E-state index contributed by atoms with van der Waals surface area (Å²) in [4.78, 5) is 10.7. The summed E-state index contributed by atoms with van der Waals surface area (Å²) in [6.45, 7) is 3.26. The van der Waals surface area contributed by atoms with Crippen LogP contribution >= 0.6 is 0 Å². The second kappa shape index (κ2) is 8.56. The first kappa shape index (κ1) is 20.6. The molecule has 0 aliphatic rings. The molecule has 0 unspecified atom stereocenters. The first-order chi connectivity index (χ1) is 11.1. The third-order valence-electron chi connectivity index (χ3n) is 3.10. The minimum atomic E-state index is -4.00. The lowest BCUT2D eigenvalue weighted by molar-refractivity contribution is -0.137. The first-order valence-electron chi connectivity index (χ1n) is 7.46. The van der Waals surface area contributed by atoms with Gasteiger partial charge in [0.05, 0.1) is 9.79 Å². The maximum absolute atomic E-state index is 12.5. The Hall–Kier alpha value is -1.49. The van der Waals surface area contributed by atoms with Gasteiger partial charge in [0, 0.05) is 13.1 Å². The molecule has 0 amide bonds. The van der Waals surface area contributed by atoms with Gasteiger partial charge in [-0.25, -0.2) is 21.6 Å². The number of nitrogens with one attached hydrogen (secondary N) is 1. The number of benzene rings is 1. The molecule has 0 heterocycles. The van der Waals surface area contributed by atoms with Crippen LogP contribution in [0.4, 0.5) is 0 Å². The van der Waals surface area contributed by atoms with E-state index >= 15 is 0 Å². The van der Waals surface area contributed by atoms with Gasteiger partial charge in [0.1, 0.15) is 6.54 Å². The topological polar surface area (TPSA) is 121 Å². The predicted molar refractivity (Wildman–Crippen MR) is 88.6 cm³/mol. The van der Waals surface area contributed by atoms with Gasteiger partial charge in [-0.15, -0.1) is 0 Å². The molecule has 24 heavy (non-hydrogen) atoms. The van der Waals surface area contributed by atoms with E-state index in [9.17, 15) is 21.6 Å². The number of hydrogen-bond donors (Lipinski definition) is 2. The van der Waals surface area contributed by atoms with Gasteiger partial charge < -0.3 is 5.11 Å². The van der Waals surface area contributed by atoms with Gasteiger partial charge in [-0.1, -0.05) is 13.8 Å². The molecule has 10 heteroatoms. The van der Waals surface area contributed by atoms with E-state index in [1.807, 2.05) is 6.92 Å². The molecule has 0 bridgehead atoms. The fourth-order valence-electron chi connectivity index (χ4n) is 1.94. The van der Waals surface area contributed by atoms with Gasteiger partial charge in [0.25, 0.3) is 0 Å². The lowest BCUT2D eigenvalue weighted by atomic mass is 10.4. The van der Waals surface area contributed by atoms with E-state index in [-0.39, 0.29) is 22.9 Å². The average molecular weight is 378 g/mol. The number of nitrogens with zero attached hydrogens (tertiary/aromatic N) is 1. The van der Waals surface area contributed by atoms with E-state index in [2.05, 4.69) is 4.72 Å². The van der Waals surface area contributed by atoms with Crippen LogP contribution in [0.15, 0.2) is 34.1 Å². The van der Waals surface area contributed by atoms with E-state index < -0.39 is 32.6 Å². The van der Waals surface area contributed by atoms with Gasteiger partial charge in [-0.3, -0.25) is 4.79 Å². The molecule has 0 aromatic heterocycles. The van der Waals surface area contributed by atoms with Crippen LogP contribution in [-0.2, 0) is 24.8 Å². The molecule has 0 aliphatic heterocycles. The zero-order valence-electron chi connectivity index (χ0n) is 13.6. The van der Waals surface area contributed by atoms with Crippen molar-refractivity contribution in [3.63, 3.8) is 0 Å². The Labute approximate surface area is 142 Å². The summed E-state index contributed by atoms with van der Waals surface area (Å²) in [5.74, 6) is -1.25. The molecular formula is C14H22N2O6S2. The van der Waals surface area contributed by atoms with Crippen molar-refractivity contribution < 1.29 is 26.7 Å². The SMILES string of the molecule is CCCNS(=O)(=O)c1ccc(S(=O)(=O)N(CCC)CC(=O)O)cc1. The molecule has 1 aromatic rings. The Balaban J connectivity index is 3.11. The Morgan fingerprint density at radius 1 is 1.04 bits per heavy atom. The molecule has 0 spiro atoms. The van der Waals surface area contributed by atoms with Crippen molar-refractivity contribution in [2.24, 2.45) is 0 Å². The summed E-state index contributed by atoms with van der Waals surface area (Å²) in [5.41, 5.74) is 0. The molecule has 0 radical (unpaired) electrons. The molecule has 136 valence electrons. The number of sulfonamides is 2. The molecule has 8 nitrogen and oxygen atoms in total. The Morgan fingerprint density at radius 3 is 2.04 bits per heavy atom. The number of carboxylic acids is 1. The van der Waals surface area contributed by atoms with Crippen molar-refractivity contribution in [2.75, 3.05) is 19.6 Å². The maximum Gasteiger partial charge on any atom is 0.318 e. The number of hydrogen-bond acceptors (Lipinski definition) is 5. The molecule has 0 atom stereocenters. The second-order valence-corrected chi connectivity index (χ2v) is 8.81. The third-order valence-corrected chi connectivity index (χ3v) is 6.43. The lowest BCUT2D eigenvalue weighted by Crippen LogP contribution is -2.36. The van der Waals surface area contributed by atoms with E-state index in [0.717, 1.165) is 4.31 Å². The molecule has 0 aliphatic carbocycles. The Kier molecular flexibility index (Phi) is 7.33. The monoisotopic (exact) mass is 378 g/mol. The van der Waals surface area contributed by atoms with Crippen LogP contribution in [0.2, 0.25) is 0 Å². The summed E-state index contributed by atoms with van der Waals surface area (Å²) in [6, 6.07) is 4.71. The van der Waals surface area contributed by atoms with Crippen LogP contribution in [-0.4, -0.2) is 51.9 Å². The van der Waals surface area contributed by atoms with Crippen molar-refractivity contribution in [1.82, 2.24) is 9.03 Å². The quantitative estimate of drug-likeness (QED) is 0.623. The minimum Gasteiger partial charge on any atom is -0.480 e. The van der Waals surface area contributed by atoms with Gasteiger partial charge in [-0.05, 0) is 37.1 Å². The predicted octanol–water partition coefficient (Wildman–Crippen LogP) is 0.860. The zero-order valence-corrected chi connectivity index (χ0v) is 15.2. The second-order valence-electron chi connectivity index (χ2n) is 5.10. The van der Waals surface area contributed by atoms with Gasteiger partial charge in [-0.2, -0.15) is 4.31 Å². The lowest BCUT2D eigenvalue weighted by Gasteiger charge is -2.19. The smallest absolute Gasteiger partial charge is 0.318 e. The minimum absolute atomic E-state index is 0.0461.